The average Bonchev–Trinajstić information content (AvgIpc) is 2.15. The van der Waals surface area contributed by atoms with Crippen molar-refractivity contribution in [3.05, 3.63) is 28.8 Å². The molecule has 0 atom stereocenters. The third-order valence-electron chi connectivity index (χ3n) is 1.80. The van der Waals surface area contributed by atoms with Gasteiger partial charge in [0, 0.05) is 6.07 Å². The molecular weight excluding hydrogens is 253 g/mol. The Labute approximate surface area is 100 Å². The zero-order valence-electron chi connectivity index (χ0n) is 7.72. The van der Waals surface area contributed by atoms with E-state index in [4.69, 9.17) is 28.3 Å². The molecule has 7 heteroatoms. The van der Waals surface area contributed by atoms with Gasteiger partial charge >= 0.3 is 0 Å². The molecule has 0 saturated heterocycles. The molecule has 16 heavy (non-hydrogen) atoms. The molecular formula is C9H5Cl2N3O2. The van der Waals surface area contributed by atoms with Crippen molar-refractivity contribution in [1.29, 1.82) is 0 Å². The van der Waals surface area contributed by atoms with Gasteiger partial charge in [-0.3, -0.25) is 0 Å². The first-order valence-electron chi connectivity index (χ1n) is 4.15. The molecule has 0 aliphatic rings. The van der Waals surface area contributed by atoms with E-state index in [1.165, 1.54) is 18.2 Å². The van der Waals surface area contributed by atoms with E-state index < -0.39 is 0 Å². The van der Waals surface area contributed by atoms with E-state index in [-0.39, 0.29) is 27.9 Å². The van der Waals surface area contributed by atoms with Gasteiger partial charge < -0.3 is 10.2 Å². The smallest absolute Gasteiger partial charge is 0.227 e. The Morgan fingerprint density at radius 1 is 0.938 bits per heavy atom. The Kier molecular flexibility index (Phi) is 2.80. The summed E-state index contributed by atoms with van der Waals surface area (Å²) in [7, 11) is 0. The lowest BCUT2D eigenvalue weighted by Crippen LogP contribution is -1.93. The fraction of sp³-hybridized carbons (Fsp3) is 0. The molecule has 82 valence electrons. The van der Waals surface area contributed by atoms with Crippen LogP contribution in [-0.2, 0) is 0 Å². The minimum absolute atomic E-state index is 0.0625. The Hall–Kier alpha value is -1.59. The Bertz CT molecular complexity index is 528. The zero-order valence-corrected chi connectivity index (χ0v) is 9.24. The van der Waals surface area contributed by atoms with E-state index in [9.17, 15) is 5.11 Å². The first-order valence-corrected chi connectivity index (χ1v) is 4.91. The van der Waals surface area contributed by atoms with Crippen LogP contribution in [0.1, 0.15) is 0 Å². The molecule has 0 spiro atoms. The standard InChI is InChI=1S/C9H5Cl2N3O2/c10-8-12-7(13-9(11)14-8)5-2-1-4(15)3-6(5)16/h1-3,15-16H. The summed E-state index contributed by atoms with van der Waals surface area (Å²) in [6.45, 7) is 0. The van der Waals surface area contributed by atoms with Gasteiger partial charge in [0.1, 0.15) is 11.5 Å². The van der Waals surface area contributed by atoms with E-state index in [1.807, 2.05) is 0 Å². The van der Waals surface area contributed by atoms with Crippen molar-refractivity contribution in [2.24, 2.45) is 0 Å². The largest absolute Gasteiger partial charge is 0.508 e. The van der Waals surface area contributed by atoms with Crippen molar-refractivity contribution in [1.82, 2.24) is 15.0 Å². The molecule has 0 aliphatic heterocycles. The van der Waals surface area contributed by atoms with Gasteiger partial charge in [0.25, 0.3) is 0 Å². The van der Waals surface area contributed by atoms with Gasteiger partial charge in [-0.1, -0.05) is 0 Å². The van der Waals surface area contributed by atoms with Gasteiger partial charge in [0.05, 0.1) is 5.56 Å². The van der Waals surface area contributed by atoms with Crippen LogP contribution in [0.15, 0.2) is 18.2 Å². The number of benzene rings is 1. The van der Waals surface area contributed by atoms with Crippen molar-refractivity contribution in [3.63, 3.8) is 0 Å². The number of aromatic hydroxyl groups is 2. The van der Waals surface area contributed by atoms with Crippen LogP contribution in [0.25, 0.3) is 11.4 Å². The Balaban J connectivity index is 2.58. The van der Waals surface area contributed by atoms with Crippen molar-refractivity contribution in [3.8, 4) is 22.9 Å². The fourth-order valence-electron chi connectivity index (χ4n) is 1.16. The molecule has 2 aromatic rings. The fourth-order valence-corrected chi connectivity index (χ4v) is 1.52. The molecule has 1 heterocycles. The van der Waals surface area contributed by atoms with Crippen molar-refractivity contribution < 1.29 is 10.2 Å². The number of aromatic nitrogens is 3. The lowest BCUT2D eigenvalue weighted by molar-refractivity contribution is 0.451. The van der Waals surface area contributed by atoms with Gasteiger partial charge in [-0.25, -0.2) is 0 Å². The van der Waals surface area contributed by atoms with E-state index in [0.29, 0.717) is 5.56 Å². The first-order chi connectivity index (χ1) is 7.56. The van der Waals surface area contributed by atoms with Crippen LogP contribution >= 0.6 is 23.2 Å². The van der Waals surface area contributed by atoms with E-state index in [0.717, 1.165) is 0 Å². The van der Waals surface area contributed by atoms with Gasteiger partial charge in [0.2, 0.25) is 10.6 Å². The molecule has 0 radical (unpaired) electrons. The summed E-state index contributed by atoms with van der Waals surface area (Å²) in [6.07, 6.45) is 0. The predicted octanol–water partition coefficient (Wildman–Crippen LogP) is 2.26. The average molecular weight is 258 g/mol. The quantitative estimate of drug-likeness (QED) is 0.820. The number of phenolic OH excluding ortho intramolecular Hbond substituents is 2. The van der Waals surface area contributed by atoms with Crippen molar-refractivity contribution >= 4 is 23.2 Å². The maximum absolute atomic E-state index is 9.58. The molecule has 1 aromatic carbocycles. The Morgan fingerprint density at radius 2 is 1.56 bits per heavy atom. The highest BCUT2D eigenvalue weighted by Gasteiger charge is 2.10. The highest BCUT2D eigenvalue weighted by molar-refractivity contribution is 6.31. The zero-order chi connectivity index (χ0) is 11.7. The molecule has 0 fully saturated rings. The molecule has 5 nitrogen and oxygen atoms in total. The van der Waals surface area contributed by atoms with Crippen LogP contribution in [0.4, 0.5) is 0 Å². The van der Waals surface area contributed by atoms with Crippen molar-refractivity contribution in [2.45, 2.75) is 0 Å². The second kappa shape index (κ2) is 4.11. The van der Waals surface area contributed by atoms with E-state index in [1.54, 1.807) is 0 Å². The number of hydrogen-bond donors (Lipinski definition) is 2. The number of nitrogens with zero attached hydrogens (tertiary/aromatic N) is 3. The molecule has 1 aromatic heterocycles. The second-order valence-electron chi connectivity index (χ2n) is 2.90. The molecule has 0 amide bonds. The van der Waals surface area contributed by atoms with Gasteiger partial charge in [-0.15, -0.1) is 0 Å². The monoisotopic (exact) mass is 257 g/mol. The number of phenols is 2. The highest BCUT2D eigenvalue weighted by atomic mass is 35.5. The van der Waals surface area contributed by atoms with Gasteiger partial charge in [-0.05, 0) is 35.3 Å². The lowest BCUT2D eigenvalue weighted by atomic mass is 10.2. The number of rotatable bonds is 1. The molecule has 0 saturated carbocycles. The minimum atomic E-state index is -0.168. The summed E-state index contributed by atoms with van der Waals surface area (Å²) < 4.78 is 0. The molecule has 0 aliphatic carbocycles. The van der Waals surface area contributed by atoms with E-state index in [2.05, 4.69) is 15.0 Å². The summed E-state index contributed by atoms with van der Waals surface area (Å²) in [5.74, 6) is -0.0895. The molecule has 0 unspecified atom stereocenters. The van der Waals surface area contributed by atoms with Crippen LogP contribution in [0.3, 0.4) is 0 Å². The summed E-state index contributed by atoms with van der Waals surface area (Å²) >= 11 is 11.2. The normalized spacial score (nSPS) is 10.4. The highest BCUT2D eigenvalue weighted by Crippen LogP contribution is 2.30. The van der Waals surface area contributed by atoms with Crippen LogP contribution in [0, 0.1) is 0 Å². The maximum atomic E-state index is 9.58. The second-order valence-corrected chi connectivity index (χ2v) is 3.57. The summed E-state index contributed by atoms with van der Waals surface area (Å²) in [5, 5.41) is 18.6. The summed E-state index contributed by atoms with van der Waals surface area (Å²) in [5.41, 5.74) is 0.309. The van der Waals surface area contributed by atoms with Crippen LogP contribution in [-0.4, -0.2) is 25.2 Å². The molecule has 2 N–H and O–H groups in total. The third kappa shape index (κ3) is 2.15. The molecule has 0 bridgehead atoms. The van der Waals surface area contributed by atoms with Crippen molar-refractivity contribution in [2.75, 3.05) is 0 Å². The predicted molar refractivity (Wildman–Crippen MR) is 58.6 cm³/mol. The summed E-state index contributed by atoms with van der Waals surface area (Å²) in [4.78, 5) is 11.2. The third-order valence-corrected chi connectivity index (χ3v) is 2.14. The molecule has 2 rings (SSSR count). The summed E-state index contributed by atoms with van der Waals surface area (Å²) in [6, 6.07) is 4.01. The number of hydrogen-bond acceptors (Lipinski definition) is 5. The first kappa shape index (κ1) is 10.9. The van der Waals surface area contributed by atoms with Gasteiger partial charge in [-0.2, -0.15) is 15.0 Å². The van der Waals surface area contributed by atoms with E-state index >= 15 is 0 Å². The minimum Gasteiger partial charge on any atom is -0.508 e. The van der Waals surface area contributed by atoms with Crippen LogP contribution in [0.2, 0.25) is 10.6 Å². The topological polar surface area (TPSA) is 79.1 Å². The van der Waals surface area contributed by atoms with Gasteiger partial charge in [0.15, 0.2) is 5.82 Å². The lowest BCUT2D eigenvalue weighted by Gasteiger charge is -2.03. The van der Waals surface area contributed by atoms with Crippen LogP contribution < -0.4 is 0 Å². The Morgan fingerprint density at radius 3 is 2.12 bits per heavy atom. The number of halogens is 2. The van der Waals surface area contributed by atoms with Crippen LogP contribution in [0.5, 0.6) is 11.5 Å². The maximum Gasteiger partial charge on any atom is 0.227 e. The SMILES string of the molecule is Oc1ccc(-c2nc(Cl)nc(Cl)n2)c(O)c1.